The van der Waals surface area contributed by atoms with E-state index in [4.69, 9.17) is 27.9 Å². The molecular weight excluding hydrogens is 409 g/mol. The van der Waals surface area contributed by atoms with Crippen LogP contribution in [-0.2, 0) is 21.3 Å². The first kappa shape index (κ1) is 20.4. The molecule has 2 aromatic rings. The summed E-state index contributed by atoms with van der Waals surface area (Å²) >= 11 is 12.4. The number of nitrogens with one attached hydrogen (secondary N) is 1. The number of halogens is 2. The van der Waals surface area contributed by atoms with Crippen molar-refractivity contribution in [3.8, 4) is 0 Å². The van der Waals surface area contributed by atoms with Gasteiger partial charge in [0.25, 0.3) is 0 Å². The van der Waals surface area contributed by atoms with Gasteiger partial charge in [-0.2, -0.15) is 0 Å². The van der Waals surface area contributed by atoms with E-state index in [0.29, 0.717) is 29.4 Å². The Morgan fingerprint density at radius 2 is 1.93 bits per heavy atom. The van der Waals surface area contributed by atoms with E-state index in [0.717, 1.165) is 24.5 Å². The molecule has 0 aliphatic carbocycles. The van der Waals surface area contributed by atoms with Crippen molar-refractivity contribution < 1.29 is 13.2 Å². The Morgan fingerprint density at radius 3 is 2.63 bits per heavy atom. The maximum Gasteiger partial charge on any atom is 0.242 e. The summed E-state index contributed by atoms with van der Waals surface area (Å²) in [6.07, 6.45) is 1.68. The summed E-state index contributed by atoms with van der Waals surface area (Å²) in [6.45, 7) is 6.34. The van der Waals surface area contributed by atoms with Gasteiger partial charge < -0.3 is 9.64 Å². The molecule has 1 aromatic carbocycles. The van der Waals surface area contributed by atoms with Crippen molar-refractivity contribution >= 4 is 39.0 Å². The molecule has 1 fully saturated rings. The predicted octanol–water partition coefficient (Wildman–Crippen LogP) is 3.32. The summed E-state index contributed by atoms with van der Waals surface area (Å²) < 4.78 is 33.6. The zero-order chi connectivity index (χ0) is 19.6. The number of ether oxygens (including phenoxy) is 1. The van der Waals surface area contributed by atoms with Gasteiger partial charge in [-0.05, 0) is 48.7 Å². The zero-order valence-electron chi connectivity index (χ0n) is 15.1. The monoisotopic (exact) mass is 429 g/mol. The molecule has 1 aromatic heterocycles. The van der Waals surface area contributed by atoms with Crippen LogP contribution in [-0.4, -0.2) is 39.7 Å². The first-order valence-electron chi connectivity index (χ1n) is 8.52. The van der Waals surface area contributed by atoms with E-state index in [-0.39, 0.29) is 16.5 Å². The molecule has 0 spiro atoms. The van der Waals surface area contributed by atoms with E-state index in [2.05, 4.69) is 14.6 Å². The zero-order valence-corrected chi connectivity index (χ0v) is 17.5. The molecule has 3 rings (SSSR count). The molecule has 0 atom stereocenters. The first-order chi connectivity index (χ1) is 12.8. The Labute approximate surface area is 169 Å². The van der Waals surface area contributed by atoms with Gasteiger partial charge in [0.1, 0.15) is 10.7 Å². The number of morpholine rings is 1. The molecule has 1 aliphatic heterocycles. The number of hydrogen-bond acceptors (Lipinski definition) is 5. The van der Waals surface area contributed by atoms with E-state index in [1.807, 2.05) is 6.07 Å². The standard InChI is InChI=1S/C18H21Cl2N3O3S/c1-12-9-15(19)13(2)18(17(12)20)27(24,25)22-11-14-3-4-21-16(10-14)23-5-7-26-8-6-23/h3-4,9-10,22H,5-8,11H2,1-2H3. The average molecular weight is 430 g/mol. The fourth-order valence-corrected chi connectivity index (χ4v) is 5.15. The minimum Gasteiger partial charge on any atom is -0.378 e. The second-order valence-electron chi connectivity index (χ2n) is 6.39. The largest absolute Gasteiger partial charge is 0.378 e. The quantitative estimate of drug-likeness (QED) is 0.788. The Kier molecular flexibility index (Phi) is 6.28. The second-order valence-corrected chi connectivity index (χ2v) is 8.88. The fourth-order valence-electron chi connectivity index (χ4n) is 2.92. The topological polar surface area (TPSA) is 71.5 Å². The van der Waals surface area contributed by atoms with Crippen molar-refractivity contribution in [2.45, 2.75) is 25.3 Å². The Hall–Kier alpha value is -1.38. The number of aromatic nitrogens is 1. The van der Waals surface area contributed by atoms with Gasteiger partial charge in [0.2, 0.25) is 10.0 Å². The van der Waals surface area contributed by atoms with Gasteiger partial charge in [-0.1, -0.05) is 23.2 Å². The van der Waals surface area contributed by atoms with E-state index in [1.165, 1.54) is 0 Å². The molecule has 0 unspecified atom stereocenters. The molecular formula is C18H21Cl2N3O3S. The molecule has 0 bridgehead atoms. The van der Waals surface area contributed by atoms with Crippen molar-refractivity contribution in [1.82, 2.24) is 9.71 Å². The van der Waals surface area contributed by atoms with Crippen LogP contribution in [0.15, 0.2) is 29.3 Å². The van der Waals surface area contributed by atoms with Crippen LogP contribution in [0.3, 0.4) is 0 Å². The van der Waals surface area contributed by atoms with Crippen LogP contribution in [0.5, 0.6) is 0 Å². The SMILES string of the molecule is Cc1cc(Cl)c(C)c(S(=O)(=O)NCc2ccnc(N3CCOCC3)c2)c1Cl. The lowest BCUT2D eigenvalue weighted by atomic mass is 10.2. The van der Waals surface area contributed by atoms with Crippen molar-refractivity contribution in [2.75, 3.05) is 31.2 Å². The van der Waals surface area contributed by atoms with E-state index in [9.17, 15) is 8.42 Å². The molecule has 1 saturated heterocycles. The lowest BCUT2D eigenvalue weighted by Crippen LogP contribution is -2.36. The molecule has 1 aliphatic rings. The molecule has 27 heavy (non-hydrogen) atoms. The molecule has 1 N–H and O–H groups in total. The summed E-state index contributed by atoms with van der Waals surface area (Å²) in [5, 5.41) is 0.559. The smallest absolute Gasteiger partial charge is 0.242 e. The molecule has 9 heteroatoms. The fraction of sp³-hybridized carbons (Fsp3) is 0.389. The van der Waals surface area contributed by atoms with Crippen LogP contribution < -0.4 is 9.62 Å². The van der Waals surface area contributed by atoms with Gasteiger partial charge in [-0.25, -0.2) is 18.1 Å². The molecule has 0 saturated carbocycles. The van der Waals surface area contributed by atoms with Gasteiger partial charge in [0, 0.05) is 30.9 Å². The van der Waals surface area contributed by atoms with Gasteiger partial charge in [-0.3, -0.25) is 0 Å². The van der Waals surface area contributed by atoms with Crippen molar-refractivity contribution in [2.24, 2.45) is 0 Å². The average Bonchev–Trinajstić information content (AvgIpc) is 2.66. The Balaban J connectivity index is 1.80. The van der Waals surface area contributed by atoms with Crippen molar-refractivity contribution in [3.63, 3.8) is 0 Å². The molecule has 6 nitrogen and oxygen atoms in total. The highest BCUT2D eigenvalue weighted by Gasteiger charge is 2.24. The normalized spacial score (nSPS) is 15.2. The summed E-state index contributed by atoms with van der Waals surface area (Å²) in [6, 6.07) is 5.32. The van der Waals surface area contributed by atoms with Gasteiger partial charge in [0.05, 0.1) is 18.2 Å². The molecule has 0 amide bonds. The van der Waals surface area contributed by atoms with Crippen LogP contribution in [0.25, 0.3) is 0 Å². The molecule has 0 radical (unpaired) electrons. The number of pyridine rings is 1. The lowest BCUT2D eigenvalue weighted by Gasteiger charge is -2.28. The van der Waals surface area contributed by atoms with Crippen LogP contribution in [0, 0.1) is 13.8 Å². The number of aryl methyl sites for hydroxylation is 1. The number of benzene rings is 1. The summed E-state index contributed by atoms with van der Waals surface area (Å²) in [7, 11) is -3.82. The highest BCUT2D eigenvalue weighted by atomic mass is 35.5. The number of rotatable bonds is 5. The maximum atomic E-state index is 12.8. The summed E-state index contributed by atoms with van der Waals surface area (Å²) in [4.78, 5) is 6.51. The van der Waals surface area contributed by atoms with E-state index in [1.54, 1.807) is 32.2 Å². The van der Waals surface area contributed by atoms with Crippen molar-refractivity contribution in [3.05, 3.63) is 51.1 Å². The Morgan fingerprint density at radius 1 is 1.22 bits per heavy atom. The first-order valence-corrected chi connectivity index (χ1v) is 10.8. The minimum atomic E-state index is -3.82. The highest BCUT2D eigenvalue weighted by molar-refractivity contribution is 7.89. The number of hydrogen-bond donors (Lipinski definition) is 1. The van der Waals surface area contributed by atoms with E-state index >= 15 is 0 Å². The van der Waals surface area contributed by atoms with Crippen LogP contribution in [0.4, 0.5) is 5.82 Å². The Bertz CT molecular complexity index is 919. The molecule has 146 valence electrons. The van der Waals surface area contributed by atoms with Gasteiger partial charge in [0.15, 0.2) is 0 Å². The predicted molar refractivity (Wildman–Crippen MR) is 107 cm³/mol. The van der Waals surface area contributed by atoms with Crippen LogP contribution in [0.2, 0.25) is 10.0 Å². The minimum absolute atomic E-state index is 0.0247. The summed E-state index contributed by atoms with van der Waals surface area (Å²) in [5.74, 6) is 0.808. The highest BCUT2D eigenvalue weighted by Crippen LogP contribution is 2.33. The third kappa shape index (κ3) is 4.55. The third-order valence-corrected chi connectivity index (χ3v) is 7.03. The van der Waals surface area contributed by atoms with Crippen molar-refractivity contribution in [1.29, 1.82) is 0 Å². The van der Waals surface area contributed by atoms with Crippen LogP contribution >= 0.6 is 23.2 Å². The number of nitrogens with zero attached hydrogens (tertiary/aromatic N) is 2. The number of anilines is 1. The van der Waals surface area contributed by atoms with Gasteiger partial charge >= 0.3 is 0 Å². The second kappa shape index (κ2) is 8.32. The molecule has 2 heterocycles. The number of sulfonamides is 1. The third-order valence-electron chi connectivity index (χ3n) is 4.47. The van der Waals surface area contributed by atoms with E-state index < -0.39 is 10.0 Å². The lowest BCUT2D eigenvalue weighted by molar-refractivity contribution is 0.122. The maximum absolute atomic E-state index is 12.8. The summed E-state index contributed by atoms with van der Waals surface area (Å²) in [5.41, 5.74) is 1.86. The van der Waals surface area contributed by atoms with Crippen LogP contribution in [0.1, 0.15) is 16.7 Å². The van der Waals surface area contributed by atoms with Gasteiger partial charge in [-0.15, -0.1) is 0 Å².